The van der Waals surface area contributed by atoms with Gasteiger partial charge in [-0.2, -0.15) is 8.42 Å². The lowest BCUT2D eigenvalue weighted by atomic mass is 9.98. The highest BCUT2D eigenvalue weighted by molar-refractivity contribution is 7.85. The van der Waals surface area contributed by atoms with Gasteiger partial charge < -0.3 is 30.2 Å². The molecule has 1 radical (unpaired) electrons. The number of rotatable bonds is 16. The number of anilines is 1. The lowest BCUT2D eigenvalue weighted by molar-refractivity contribution is -0.128. The topological polar surface area (TPSA) is 193 Å². The zero-order valence-corrected chi connectivity index (χ0v) is 39.4. The van der Waals surface area contributed by atoms with Crippen molar-refractivity contribution in [3.05, 3.63) is 137 Å². The summed E-state index contributed by atoms with van der Waals surface area (Å²) in [5.74, 6) is -1.75. The number of hydrogen-bond donors (Lipinski definition) is 4. The van der Waals surface area contributed by atoms with Gasteiger partial charge in [-0.15, -0.1) is 0 Å². The van der Waals surface area contributed by atoms with Crippen molar-refractivity contribution in [3.8, 4) is 28.0 Å². The molecule has 0 aromatic heterocycles. The van der Waals surface area contributed by atoms with Crippen LogP contribution in [0.3, 0.4) is 0 Å². The van der Waals surface area contributed by atoms with Crippen LogP contribution in [0, 0.1) is 24.7 Å². The number of hydrogen-bond acceptors (Lipinski definition) is 10. The third-order valence-corrected chi connectivity index (χ3v) is 13.2. The molecule has 7 rings (SSSR count). The summed E-state index contributed by atoms with van der Waals surface area (Å²) in [6, 6.07) is 30.0. The Labute approximate surface area is 399 Å². The molecular weight excluding hydrogens is 917 g/mol. The molecule has 1 saturated heterocycles. The molecular formula is C50H52ClFN5O10S. The van der Waals surface area contributed by atoms with Crippen LogP contribution in [0.5, 0.6) is 5.75 Å². The van der Waals surface area contributed by atoms with E-state index < -0.39 is 69.1 Å². The molecule has 1 fully saturated rings. The minimum Gasteiger partial charge on any atom is -0.492 e. The number of benzene rings is 5. The fraction of sp³-hybridized carbons (Fsp3) is 0.320. The minimum absolute atomic E-state index is 0.0371. The molecule has 68 heavy (non-hydrogen) atoms. The highest BCUT2D eigenvalue weighted by Gasteiger charge is 2.33. The molecule has 1 aliphatic carbocycles. The average Bonchev–Trinajstić information content (AvgIpc) is 3.62. The zero-order valence-electron chi connectivity index (χ0n) is 37.8. The van der Waals surface area contributed by atoms with E-state index in [-0.39, 0.29) is 42.7 Å². The Hall–Kier alpha value is -6.53. The van der Waals surface area contributed by atoms with Gasteiger partial charge in [-0.25, -0.2) is 14.0 Å². The first kappa shape index (κ1) is 49.4. The molecule has 0 spiro atoms. The van der Waals surface area contributed by atoms with Crippen molar-refractivity contribution < 1.29 is 50.7 Å². The van der Waals surface area contributed by atoms with E-state index in [9.17, 15) is 36.5 Å². The van der Waals surface area contributed by atoms with Gasteiger partial charge in [0.05, 0.1) is 0 Å². The molecule has 0 bridgehead atoms. The molecule has 0 saturated carbocycles. The Bertz CT molecular complexity index is 2750. The molecule has 2 aliphatic rings. The number of carbonyl (C=O) groups excluding carboxylic acids is 4. The number of piperazine rings is 1. The first-order valence-corrected chi connectivity index (χ1v) is 23.9. The summed E-state index contributed by atoms with van der Waals surface area (Å²) < 4.78 is 66.0. The molecule has 357 valence electrons. The molecule has 1 aliphatic heterocycles. The molecule has 1 heterocycles. The molecule has 4 N–H and O–H groups in total. The van der Waals surface area contributed by atoms with Crippen LogP contribution in [-0.4, -0.2) is 104 Å². The number of fused-ring (bicyclic) bond motifs is 3. The van der Waals surface area contributed by atoms with Gasteiger partial charge in [0, 0.05) is 43.3 Å². The molecule has 3 atom stereocenters. The second-order valence-electron chi connectivity index (χ2n) is 17.0. The van der Waals surface area contributed by atoms with Gasteiger partial charge in [0.1, 0.15) is 53.9 Å². The standard InChI is InChI=1S/C50H52ClFN5O10S/c1-30(2)46(55-49(60)66-29-43-40-14-7-5-12-38(40)39-13-6-8-15-41(39)43)48(59)53-32(4)47(58)54-36-18-17-34(44(25-36)68(62,63)64)28-67-50(61)57-21-20-56(27-45(57)51)22-23-65-37-19-16-31(3)42(26-37)33-10-9-11-35(52)24-33/h5-8,10-19,24-26,30,32,43,45-46H,20-23,27-29H2,1-4H3,(H,53,59)(H,54,58)(H,55,60)(H,62,63,64)/t32-,45?,46-/m0/s1. The van der Waals surface area contributed by atoms with E-state index in [0.29, 0.717) is 31.0 Å². The SMILES string of the molecule is Cc1ccc(OCCN2CCN(C(=O)OCc3ccc(NC(=O)[C@H](C)NC(=O)[C@@H](NC(=O)OCC4c5ccccc5-c5ccccc54)C(C)C)cc3S(=O)(=O)O)C(Cl)C2)cc1-c1c[c]cc(F)c1. The predicted molar refractivity (Wildman–Crippen MR) is 253 cm³/mol. The molecule has 4 amide bonds. The Balaban J connectivity index is 0.872. The van der Waals surface area contributed by atoms with Crippen molar-refractivity contribution in [3.63, 3.8) is 0 Å². The quantitative estimate of drug-likeness (QED) is 0.0429. The number of carbonyl (C=O) groups is 4. The highest BCUT2D eigenvalue weighted by Crippen LogP contribution is 2.44. The molecule has 5 aromatic carbocycles. The van der Waals surface area contributed by atoms with E-state index in [0.717, 1.165) is 39.4 Å². The summed E-state index contributed by atoms with van der Waals surface area (Å²) in [6.07, 6.45) is -1.61. The molecule has 15 nitrogen and oxygen atoms in total. The lowest BCUT2D eigenvalue weighted by Crippen LogP contribution is -2.53. The van der Waals surface area contributed by atoms with E-state index in [2.05, 4.69) is 22.0 Å². The number of alkyl carbamates (subject to hydrolysis) is 1. The smallest absolute Gasteiger partial charge is 0.411 e. The van der Waals surface area contributed by atoms with Gasteiger partial charge in [-0.1, -0.05) is 86.1 Å². The number of aryl methyl sites for hydroxylation is 1. The van der Waals surface area contributed by atoms with Crippen molar-refractivity contribution in [2.24, 2.45) is 5.92 Å². The van der Waals surface area contributed by atoms with E-state index in [1.807, 2.05) is 78.6 Å². The van der Waals surface area contributed by atoms with Crippen LogP contribution < -0.4 is 20.7 Å². The van der Waals surface area contributed by atoms with Crippen LogP contribution >= 0.6 is 11.6 Å². The summed E-state index contributed by atoms with van der Waals surface area (Å²) in [5, 5.41) is 7.72. The predicted octanol–water partition coefficient (Wildman–Crippen LogP) is 7.75. The average molecular weight is 970 g/mol. The molecule has 5 aromatic rings. The second kappa shape index (κ2) is 21.6. The Kier molecular flexibility index (Phi) is 15.7. The Morgan fingerprint density at radius 2 is 1.57 bits per heavy atom. The van der Waals surface area contributed by atoms with Crippen LogP contribution in [0.4, 0.5) is 19.7 Å². The van der Waals surface area contributed by atoms with Crippen molar-refractivity contribution in [2.45, 2.75) is 62.7 Å². The summed E-state index contributed by atoms with van der Waals surface area (Å²) in [5.41, 5.74) is 5.78. The number of nitrogens with zero attached hydrogens (tertiary/aromatic N) is 2. The molecule has 18 heteroatoms. The Morgan fingerprint density at radius 3 is 2.24 bits per heavy atom. The number of ether oxygens (including phenoxy) is 3. The van der Waals surface area contributed by atoms with Crippen molar-refractivity contribution in [1.29, 1.82) is 0 Å². The zero-order chi connectivity index (χ0) is 48.7. The third kappa shape index (κ3) is 11.9. The van der Waals surface area contributed by atoms with Crippen molar-refractivity contribution in [2.75, 3.05) is 44.7 Å². The van der Waals surface area contributed by atoms with Crippen LogP contribution in [0.1, 0.15) is 48.9 Å². The van der Waals surface area contributed by atoms with E-state index in [1.54, 1.807) is 19.9 Å². The summed E-state index contributed by atoms with van der Waals surface area (Å²) in [4.78, 5) is 55.5. The van der Waals surface area contributed by atoms with Gasteiger partial charge in [0.2, 0.25) is 11.8 Å². The fourth-order valence-corrected chi connectivity index (χ4v) is 9.34. The normalized spacial score (nSPS) is 15.7. The lowest BCUT2D eigenvalue weighted by Gasteiger charge is -2.37. The fourth-order valence-electron chi connectivity index (χ4n) is 8.23. The highest BCUT2D eigenvalue weighted by atomic mass is 35.5. The van der Waals surface area contributed by atoms with Crippen LogP contribution in [0.2, 0.25) is 0 Å². The first-order valence-electron chi connectivity index (χ1n) is 22.0. The number of halogens is 2. The maximum absolute atomic E-state index is 13.8. The van der Waals surface area contributed by atoms with Gasteiger partial charge >= 0.3 is 12.2 Å². The number of nitrogens with one attached hydrogen (secondary N) is 3. The van der Waals surface area contributed by atoms with E-state index in [4.69, 9.17) is 25.8 Å². The summed E-state index contributed by atoms with van der Waals surface area (Å²) >= 11 is 6.60. The van der Waals surface area contributed by atoms with E-state index in [1.165, 1.54) is 36.1 Å². The maximum atomic E-state index is 13.8. The maximum Gasteiger partial charge on any atom is 0.411 e. The van der Waals surface area contributed by atoms with Gasteiger partial charge in [0.15, 0.2) is 0 Å². The van der Waals surface area contributed by atoms with Crippen molar-refractivity contribution >= 4 is 51.4 Å². The first-order chi connectivity index (χ1) is 32.5. The second-order valence-corrected chi connectivity index (χ2v) is 18.9. The van der Waals surface area contributed by atoms with Crippen LogP contribution in [0.15, 0.2) is 108 Å². The minimum atomic E-state index is -4.88. The van der Waals surface area contributed by atoms with Gasteiger partial charge in [-0.3, -0.25) is 23.9 Å². The Morgan fingerprint density at radius 1 is 0.868 bits per heavy atom. The van der Waals surface area contributed by atoms with Gasteiger partial charge in [-0.05, 0) is 107 Å². The summed E-state index contributed by atoms with van der Waals surface area (Å²) in [6.45, 7) is 8.01. The summed E-state index contributed by atoms with van der Waals surface area (Å²) in [7, 11) is -4.88. The monoisotopic (exact) mass is 968 g/mol. The third-order valence-electron chi connectivity index (χ3n) is 11.9. The largest absolute Gasteiger partial charge is 0.492 e. The van der Waals surface area contributed by atoms with Crippen LogP contribution in [-0.2, 0) is 35.8 Å². The van der Waals surface area contributed by atoms with Crippen LogP contribution in [0.25, 0.3) is 22.3 Å². The van der Waals surface area contributed by atoms with Crippen molar-refractivity contribution in [1.82, 2.24) is 20.4 Å². The van der Waals surface area contributed by atoms with Gasteiger partial charge in [0.25, 0.3) is 10.1 Å². The van der Waals surface area contributed by atoms with E-state index >= 15 is 0 Å². The molecule has 1 unspecified atom stereocenters. The number of amides is 4. The number of alkyl halides is 1.